The topological polar surface area (TPSA) is 108 Å². The Bertz CT molecular complexity index is 1010. The van der Waals surface area contributed by atoms with Crippen LogP contribution in [0.25, 0.3) is 11.0 Å². The van der Waals surface area contributed by atoms with E-state index in [4.69, 9.17) is 17.3 Å². The lowest BCUT2D eigenvalue weighted by molar-refractivity contribution is -0.125. The maximum atomic E-state index is 13.0. The number of aliphatic hydroxyl groups excluding tert-OH is 1. The molecule has 0 saturated carbocycles. The largest absolute Gasteiger partial charge is 0.396 e. The van der Waals surface area contributed by atoms with Crippen LogP contribution in [0.5, 0.6) is 0 Å². The van der Waals surface area contributed by atoms with Gasteiger partial charge in [0, 0.05) is 43.3 Å². The van der Waals surface area contributed by atoms with Crippen molar-refractivity contribution in [1.29, 1.82) is 0 Å². The number of aromatic nitrogens is 3. The standard InChI is InChI=1S/C22H26ClN5O2/c23-17-4-1-15(2-5-17)16(13-29)3-6-19(30)22(24)8-11-28(12-9-22)21-18-7-10-25-20(18)26-14-27-21/h1-2,4-5,7,10,14,16,29H,3,6,8-9,11-13,24H2,(H,25,26,27)/t16-/m0/s1. The summed E-state index contributed by atoms with van der Waals surface area (Å²) >= 11 is 5.94. The number of carbonyl (C=O) groups excluding carboxylic acids is 1. The maximum absolute atomic E-state index is 13.0. The zero-order chi connectivity index (χ0) is 21.1. The van der Waals surface area contributed by atoms with Gasteiger partial charge in [-0.25, -0.2) is 9.97 Å². The number of piperidine rings is 1. The number of ketones is 1. The molecule has 3 heterocycles. The molecular weight excluding hydrogens is 402 g/mol. The number of hydrogen-bond acceptors (Lipinski definition) is 6. The van der Waals surface area contributed by atoms with Gasteiger partial charge < -0.3 is 20.7 Å². The zero-order valence-electron chi connectivity index (χ0n) is 16.7. The Morgan fingerprint density at radius 2 is 1.97 bits per heavy atom. The molecule has 1 fully saturated rings. The van der Waals surface area contributed by atoms with Gasteiger partial charge in [-0.3, -0.25) is 4.79 Å². The summed E-state index contributed by atoms with van der Waals surface area (Å²) in [5, 5.41) is 11.4. The second-order valence-corrected chi connectivity index (χ2v) is 8.41. The molecule has 1 aliphatic heterocycles. The van der Waals surface area contributed by atoms with E-state index >= 15 is 0 Å². The van der Waals surface area contributed by atoms with E-state index < -0.39 is 5.54 Å². The molecule has 1 aromatic carbocycles. The molecule has 1 saturated heterocycles. The quantitative estimate of drug-likeness (QED) is 0.534. The summed E-state index contributed by atoms with van der Waals surface area (Å²) in [6, 6.07) is 9.36. The lowest BCUT2D eigenvalue weighted by atomic mass is 9.81. The summed E-state index contributed by atoms with van der Waals surface area (Å²) in [4.78, 5) is 26.9. The monoisotopic (exact) mass is 427 g/mol. The van der Waals surface area contributed by atoms with Crippen molar-refractivity contribution in [3.63, 3.8) is 0 Å². The fraction of sp³-hybridized carbons (Fsp3) is 0.409. The Kier molecular flexibility index (Phi) is 6.04. The molecule has 0 unspecified atom stereocenters. The fourth-order valence-corrected chi connectivity index (χ4v) is 4.29. The second kappa shape index (κ2) is 8.71. The predicted octanol–water partition coefficient (Wildman–Crippen LogP) is 3.03. The van der Waals surface area contributed by atoms with Crippen LogP contribution >= 0.6 is 11.6 Å². The molecule has 7 nitrogen and oxygen atoms in total. The molecular formula is C22H26ClN5O2. The minimum absolute atomic E-state index is 0.0133. The summed E-state index contributed by atoms with van der Waals surface area (Å²) in [7, 11) is 0. The molecule has 4 rings (SSSR count). The van der Waals surface area contributed by atoms with Crippen molar-refractivity contribution in [3.05, 3.63) is 53.4 Å². The van der Waals surface area contributed by atoms with E-state index in [9.17, 15) is 9.90 Å². The fourth-order valence-electron chi connectivity index (χ4n) is 4.16. The number of nitrogens with one attached hydrogen (secondary N) is 1. The number of benzene rings is 1. The third kappa shape index (κ3) is 4.19. The number of halogens is 1. The van der Waals surface area contributed by atoms with Crippen LogP contribution < -0.4 is 10.6 Å². The van der Waals surface area contributed by atoms with E-state index in [0.717, 1.165) is 22.4 Å². The van der Waals surface area contributed by atoms with Gasteiger partial charge in [0.05, 0.1) is 10.9 Å². The number of nitrogens with zero attached hydrogens (tertiary/aromatic N) is 3. The van der Waals surface area contributed by atoms with Gasteiger partial charge in [-0.15, -0.1) is 0 Å². The number of hydrogen-bond donors (Lipinski definition) is 3. The first-order valence-corrected chi connectivity index (χ1v) is 10.6. The molecule has 2 aromatic heterocycles. The van der Waals surface area contributed by atoms with Gasteiger partial charge in [0.2, 0.25) is 0 Å². The van der Waals surface area contributed by atoms with E-state index in [1.54, 1.807) is 18.5 Å². The number of aliphatic hydroxyl groups is 1. The number of nitrogens with two attached hydrogens (primary N) is 1. The van der Waals surface area contributed by atoms with E-state index in [-0.39, 0.29) is 18.3 Å². The highest BCUT2D eigenvalue weighted by Crippen LogP contribution is 2.30. The number of Topliss-reactive ketones (excluding diaryl/α,β-unsaturated/α-hetero) is 1. The lowest BCUT2D eigenvalue weighted by Crippen LogP contribution is -2.55. The van der Waals surface area contributed by atoms with Gasteiger partial charge in [0.1, 0.15) is 17.8 Å². The van der Waals surface area contributed by atoms with Crippen molar-refractivity contribution >= 4 is 34.2 Å². The van der Waals surface area contributed by atoms with Gasteiger partial charge in [0.15, 0.2) is 5.78 Å². The number of H-pyrrole nitrogens is 1. The SMILES string of the molecule is NC1(C(=O)CC[C@@H](CO)c2ccc(Cl)cc2)CCN(c2ncnc3[nH]ccc23)CC1. The van der Waals surface area contributed by atoms with Crippen LogP contribution in [0, 0.1) is 0 Å². The third-order valence-corrected chi connectivity index (χ3v) is 6.38. The number of carbonyl (C=O) groups is 1. The molecule has 1 aliphatic rings. The van der Waals surface area contributed by atoms with Crippen LogP contribution in [0.4, 0.5) is 5.82 Å². The van der Waals surface area contributed by atoms with E-state index in [2.05, 4.69) is 19.9 Å². The van der Waals surface area contributed by atoms with Crippen molar-refractivity contribution in [3.8, 4) is 0 Å². The Labute approximate surface area is 180 Å². The van der Waals surface area contributed by atoms with E-state index in [1.165, 1.54) is 0 Å². The van der Waals surface area contributed by atoms with Crippen LogP contribution in [0.3, 0.4) is 0 Å². The predicted molar refractivity (Wildman–Crippen MR) is 118 cm³/mol. The number of aromatic amines is 1. The highest BCUT2D eigenvalue weighted by Gasteiger charge is 2.37. The lowest BCUT2D eigenvalue weighted by Gasteiger charge is -2.39. The van der Waals surface area contributed by atoms with Gasteiger partial charge in [-0.05, 0) is 43.0 Å². The van der Waals surface area contributed by atoms with E-state index in [0.29, 0.717) is 43.8 Å². The van der Waals surface area contributed by atoms with Crippen molar-refractivity contribution < 1.29 is 9.90 Å². The zero-order valence-corrected chi connectivity index (χ0v) is 17.5. The maximum Gasteiger partial charge on any atom is 0.152 e. The highest BCUT2D eigenvalue weighted by molar-refractivity contribution is 6.30. The molecule has 0 aliphatic carbocycles. The molecule has 0 spiro atoms. The molecule has 30 heavy (non-hydrogen) atoms. The summed E-state index contributed by atoms with van der Waals surface area (Å²) in [5.74, 6) is 0.834. The Balaban J connectivity index is 1.37. The molecule has 1 atom stereocenters. The molecule has 4 N–H and O–H groups in total. The molecule has 3 aromatic rings. The molecule has 0 amide bonds. The van der Waals surface area contributed by atoms with Gasteiger partial charge >= 0.3 is 0 Å². The second-order valence-electron chi connectivity index (χ2n) is 7.97. The average Bonchev–Trinajstić information content (AvgIpc) is 3.25. The van der Waals surface area contributed by atoms with Crippen molar-refractivity contribution in [2.75, 3.05) is 24.6 Å². The van der Waals surface area contributed by atoms with Crippen molar-refractivity contribution in [1.82, 2.24) is 15.0 Å². The van der Waals surface area contributed by atoms with Crippen molar-refractivity contribution in [2.45, 2.75) is 37.1 Å². The highest BCUT2D eigenvalue weighted by atomic mass is 35.5. The van der Waals surface area contributed by atoms with Gasteiger partial charge in [0.25, 0.3) is 0 Å². The minimum atomic E-state index is -0.833. The number of fused-ring (bicyclic) bond motifs is 1. The van der Waals surface area contributed by atoms with Crippen LogP contribution in [-0.2, 0) is 4.79 Å². The summed E-state index contributed by atoms with van der Waals surface area (Å²) in [5.41, 5.74) is 7.48. The Hall–Kier alpha value is -2.48. The Morgan fingerprint density at radius 1 is 1.23 bits per heavy atom. The number of rotatable bonds is 7. The third-order valence-electron chi connectivity index (χ3n) is 6.13. The van der Waals surface area contributed by atoms with Gasteiger partial charge in [-0.1, -0.05) is 23.7 Å². The molecule has 158 valence electrons. The molecule has 0 radical (unpaired) electrons. The molecule has 0 bridgehead atoms. The smallest absolute Gasteiger partial charge is 0.152 e. The first-order valence-electron chi connectivity index (χ1n) is 10.2. The summed E-state index contributed by atoms with van der Waals surface area (Å²) in [6.45, 7) is 1.32. The van der Waals surface area contributed by atoms with Crippen LogP contribution in [-0.4, -0.2) is 51.1 Å². The Morgan fingerprint density at radius 3 is 2.67 bits per heavy atom. The first-order chi connectivity index (χ1) is 14.5. The van der Waals surface area contributed by atoms with E-state index in [1.807, 2.05) is 24.4 Å². The summed E-state index contributed by atoms with van der Waals surface area (Å²) < 4.78 is 0. The minimum Gasteiger partial charge on any atom is -0.396 e. The van der Waals surface area contributed by atoms with Crippen LogP contribution in [0.15, 0.2) is 42.9 Å². The van der Waals surface area contributed by atoms with Crippen molar-refractivity contribution in [2.24, 2.45) is 5.73 Å². The average molecular weight is 428 g/mol. The summed E-state index contributed by atoms with van der Waals surface area (Å²) in [6.07, 6.45) is 5.46. The van der Waals surface area contributed by atoms with Crippen LogP contribution in [0.2, 0.25) is 5.02 Å². The molecule has 8 heteroatoms. The van der Waals surface area contributed by atoms with Crippen LogP contribution in [0.1, 0.15) is 37.2 Å². The van der Waals surface area contributed by atoms with Gasteiger partial charge in [-0.2, -0.15) is 0 Å². The number of anilines is 1. The normalized spacial score (nSPS) is 17.2. The first kappa shape index (κ1) is 20.8.